The van der Waals surface area contributed by atoms with Crippen LogP contribution in [0.2, 0.25) is 0 Å². The van der Waals surface area contributed by atoms with Crippen LogP contribution in [0.1, 0.15) is 38.2 Å². The smallest absolute Gasteiger partial charge is 0.290 e. The molecule has 1 saturated heterocycles. The molecule has 0 unspecified atom stereocenters. The second-order valence-electron chi connectivity index (χ2n) is 7.83. The molecule has 0 saturated carbocycles. The van der Waals surface area contributed by atoms with Gasteiger partial charge in [-0.3, -0.25) is 19.2 Å². The molecule has 0 aliphatic carbocycles. The molecule has 3 amide bonds. The average molecular weight is 447 g/mol. The fourth-order valence-corrected chi connectivity index (χ4v) is 3.68. The summed E-state index contributed by atoms with van der Waals surface area (Å²) in [5, 5.41) is 21.1. The first-order chi connectivity index (χ1) is 15.2. The number of carbonyl (C=O) groups excluding carboxylic acids is 3. The lowest BCUT2D eigenvalue weighted by atomic mass is 9.90. The molecule has 174 valence electrons. The van der Waals surface area contributed by atoms with Crippen molar-refractivity contribution in [3.05, 3.63) is 36.0 Å². The lowest BCUT2D eigenvalue weighted by molar-refractivity contribution is -0.150. The highest BCUT2D eigenvalue weighted by Crippen LogP contribution is 2.24. The molecule has 1 atom stereocenters. The number of nitrogens with one attached hydrogen (secondary N) is 2. The molecule has 2 heterocycles. The van der Waals surface area contributed by atoms with Crippen molar-refractivity contribution in [1.29, 1.82) is 0 Å². The number of para-hydroxylation sites is 1. The Hall–Kier alpha value is -3.40. The number of aryl methyl sites for hydroxylation is 1. The monoisotopic (exact) mass is 446 g/mol. The number of piperidine rings is 1. The number of benzene rings is 1. The van der Waals surface area contributed by atoms with E-state index in [1.54, 1.807) is 4.90 Å². The number of aromatic amines is 1. The lowest BCUT2D eigenvalue weighted by Crippen LogP contribution is -2.57. The Balaban J connectivity index is 0.00000114. The number of hydrogen-bond donors (Lipinski definition) is 5. The van der Waals surface area contributed by atoms with E-state index in [0.29, 0.717) is 19.5 Å². The second-order valence-corrected chi connectivity index (χ2v) is 7.83. The second kappa shape index (κ2) is 11.3. The van der Waals surface area contributed by atoms with Crippen LogP contribution in [0.3, 0.4) is 0 Å². The van der Waals surface area contributed by atoms with Gasteiger partial charge in [-0.15, -0.1) is 0 Å². The Morgan fingerprint density at radius 1 is 1.28 bits per heavy atom. The van der Waals surface area contributed by atoms with Crippen LogP contribution < -0.4 is 11.1 Å². The summed E-state index contributed by atoms with van der Waals surface area (Å²) in [7, 11) is 0. The summed E-state index contributed by atoms with van der Waals surface area (Å²) in [5.74, 6) is -1.25. The fraction of sp³-hybridized carbons (Fsp3) is 0.455. The highest BCUT2D eigenvalue weighted by Gasteiger charge is 2.41. The third-order valence-electron chi connectivity index (χ3n) is 5.65. The van der Waals surface area contributed by atoms with Gasteiger partial charge in [-0.2, -0.15) is 0 Å². The molecule has 10 nitrogen and oxygen atoms in total. The van der Waals surface area contributed by atoms with Gasteiger partial charge in [-0.05, 0) is 31.4 Å². The van der Waals surface area contributed by atoms with Gasteiger partial charge in [0, 0.05) is 49.5 Å². The highest BCUT2D eigenvalue weighted by atomic mass is 16.3. The number of fused-ring (bicyclic) bond motifs is 1. The number of nitrogens with zero attached hydrogens (tertiary/aromatic N) is 1. The van der Waals surface area contributed by atoms with E-state index in [2.05, 4.69) is 16.4 Å². The summed E-state index contributed by atoms with van der Waals surface area (Å²) in [6.45, 7) is 1.83. The summed E-state index contributed by atoms with van der Waals surface area (Å²) in [6, 6.07) is 7.23. The van der Waals surface area contributed by atoms with Crippen LogP contribution in [0.25, 0.3) is 10.9 Å². The molecule has 1 fully saturated rings. The van der Waals surface area contributed by atoms with Crippen molar-refractivity contribution in [2.24, 2.45) is 5.73 Å². The third-order valence-corrected chi connectivity index (χ3v) is 5.65. The summed E-state index contributed by atoms with van der Waals surface area (Å²) in [4.78, 5) is 49.1. The summed E-state index contributed by atoms with van der Waals surface area (Å²) >= 11 is 0. The highest BCUT2D eigenvalue weighted by molar-refractivity contribution is 5.90. The molecule has 0 radical (unpaired) electrons. The Morgan fingerprint density at radius 2 is 1.91 bits per heavy atom. The maximum absolute atomic E-state index is 12.5. The zero-order valence-corrected chi connectivity index (χ0v) is 18.0. The van der Waals surface area contributed by atoms with E-state index in [1.807, 2.05) is 24.4 Å². The predicted octanol–water partition coefficient (Wildman–Crippen LogP) is 0.535. The molecule has 1 aliphatic rings. The van der Waals surface area contributed by atoms with Crippen molar-refractivity contribution in [2.75, 3.05) is 13.1 Å². The van der Waals surface area contributed by atoms with Crippen molar-refractivity contribution in [1.82, 2.24) is 15.2 Å². The first kappa shape index (κ1) is 24.9. The van der Waals surface area contributed by atoms with E-state index in [-0.39, 0.29) is 25.2 Å². The van der Waals surface area contributed by atoms with E-state index in [1.165, 1.54) is 17.9 Å². The number of aliphatic hydroxyl groups is 1. The van der Waals surface area contributed by atoms with E-state index in [0.717, 1.165) is 18.4 Å². The van der Waals surface area contributed by atoms with Crippen molar-refractivity contribution < 1.29 is 29.4 Å². The molecule has 32 heavy (non-hydrogen) atoms. The van der Waals surface area contributed by atoms with Crippen LogP contribution in [0, 0.1) is 0 Å². The summed E-state index contributed by atoms with van der Waals surface area (Å²) in [6.07, 6.45) is 4.22. The molecule has 1 aromatic carbocycles. The molecule has 1 aromatic heterocycles. The van der Waals surface area contributed by atoms with Gasteiger partial charge in [0.15, 0.2) is 0 Å². The van der Waals surface area contributed by atoms with E-state index < -0.39 is 23.5 Å². The molecule has 3 rings (SSSR count). The van der Waals surface area contributed by atoms with Gasteiger partial charge in [0.05, 0.1) is 0 Å². The van der Waals surface area contributed by atoms with Gasteiger partial charge < -0.3 is 31.1 Å². The van der Waals surface area contributed by atoms with Gasteiger partial charge in [-0.25, -0.2) is 0 Å². The zero-order valence-electron chi connectivity index (χ0n) is 18.0. The summed E-state index contributed by atoms with van der Waals surface area (Å²) < 4.78 is 0. The van der Waals surface area contributed by atoms with Gasteiger partial charge in [0.25, 0.3) is 12.4 Å². The van der Waals surface area contributed by atoms with Crippen molar-refractivity contribution >= 4 is 35.1 Å². The number of carbonyl (C=O) groups is 4. The van der Waals surface area contributed by atoms with Crippen molar-refractivity contribution in [3.63, 3.8) is 0 Å². The molecule has 2 aromatic rings. The standard InChI is InChI=1S/C21H28N4O4.CH2O2/c1-14(19(22)27)24-20(28)21(29)9-11-25(12-10-21)18(26)8-4-5-15-13-23-17-7-3-2-6-16(15)17;2-1-3/h2-3,6-7,13-14,23,29H,4-5,8-12H2,1H3,(H2,22,27)(H,24,28);1H,(H,2,3)/t14-;/m0./s1. The molecule has 6 N–H and O–H groups in total. The fourth-order valence-electron chi connectivity index (χ4n) is 3.68. The van der Waals surface area contributed by atoms with Crippen LogP contribution in [0.15, 0.2) is 30.5 Å². The number of amides is 3. The minimum atomic E-state index is -1.58. The molecule has 10 heteroatoms. The van der Waals surface area contributed by atoms with Crippen molar-refractivity contribution in [3.8, 4) is 0 Å². The maximum Gasteiger partial charge on any atom is 0.290 e. The third kappa shape index (κ3) is 6.30. The van der Waals surface area contributed by atoms with Gasteiger partial charge >= 0.3 is 0 Å². The Bertz CT molecular complexity index is 949. The van der Waals surface area contributed by atoms with E-state index in [4.69, 9.17) is 15.6 Å². The number of primary amides is 1. The van der Waals surface area contributed by atoms with E-state index in [9.17, 15) is 19.5 Å². The number of hydrogen-bond acceptors (Lipinski definition) is 5. The van der Waals surface area contributed by atoms with Crippen molar-refractivity contribution in [2.45, 2.75) is 50.7 Å². The SMILES string of the molecule is C[C@H](NC(=O)C1(O)CCN(C(=O)CCCc2c[nH]c3ccccc23)CC1)C(N)=O.O=CO. The maximum atomic E-state index is 12.5. The topological polar surface area (TPSA) is 166 Å². The van der Waals surface area contributed by atoms with Crippen LogP contribution in [-0.2, 0) is 25.6 Å². The quantitative estimate of drug-likeness (QED) is 0.389. The molecular weight excluding hydrogens is 416 g/mol. The Kier molecular flexibility index (Phi) is 8.77. The van der Waals surface area contributed by atoms with Crippen LogP contribution in [0.5, 0.6) is 0 Å². The van der Waals surface area contributed by atoms with Gasteiger partial charge in [0.1, 0.15) is 11.6 Å². The molecule has 1 aliphatic heterocycles. The van der Waals surface area contributed by atoms with Crippen LogP contribution in [0.4, 0.5) is 0 Å². The van der Waals surface area contributed by atoms with Gasteiger partial charge in [-0.1, -0.05) is 18.2 Å². The predicted molar refractivity (Wildman–Crippen MR) is 117 cm³/mol. The number of likely N-dealkylation sites (tertiary alicyclic amines) is 1. The van der Waals surface area contributed by atoms with Crippen LogP contribution >= 0.6 is 0 Å². The Labute approximate surface area is 185 Å². The summed E-state index contributed by atoms with van der Waals surface area (Å²) in [5.41, 5.74) is 5.85. The lowest BCUT2D eigenvalue weighted by Gasteiger charge is -2.37. The molecule has 0 bridgehead atoms. The minimum Gasteiger partial charge on any atom is -0.483 e. The number of nitrogens with two attached hydrogens (primary N) is 1. The average Bonchev–Trinajstić information content (AvgIpc) is 3.17. The van der Waals surface area contributed by atoms with Crippen LogP contribution in [-0.4, -0.2) is 69.0 Å². The zero-order chi connectivity index (χ0) is 23.7. The molecular formula is C22H30N4O6. The normalized spacial score (nSPS) is 15.9. The minimum absolute atomic E-state index is 0.0257. The number of carboxylic acid groups (broad SMARTS) is 1. The number of H-pyrrole nitrogens is 1. The largest absolute Gasteiger partial charge is 0.483 e. The van der Waals surface area contributed by atoms with Gasteiger partial charge in [0.2, 0.25) is 11.8 Å². The number of aromatic nitrogens is 1. The first-order valence-electron chi connectivity index (χ1n) is 10.4. The van der Waals surface area contributed by atoms with E-state index >= 15 is 0 Å². The molecule has 0 spiro atoms. The number of rotatable bonds is 7. The Morgan fingerprint density at radius 3 is 2.53 bits per heavy atom. The first-order valence-corrected chi connectivity index (χ1v) is 10.4.